The van der Waals surface area contributed by atoms with Gasteiger partial charge in [-0.05, 0) is 31.0 Å². The molecule has 4 N–H and O–H groups in total. The fourth-order valence-corrected chi connectivity index (χ4v) is 6.37. The number of halogens is 1. The van der Waals surface area contributed by atoms with Gasteiger partial charge in [0.05, 0.1) is 105 Å². The molecule has 1 saturated carbocycles. The van der Waals surface area contributed by atoms with Crippen molar-refractivity contribution >= 4 is 35.1 Å². The molecule has 0 radical (unpaired) electrons. The number of nitrogens with zero attached hydrogens (tertiary/aromatic N) is 4. The minimum atomic E-state index is 0.0277. The van der Waals surface area contributed by atoms with E-state index in [0.29, 0.717) is 101 Å². The predicted octanol–water partition coefficient (Wildman–Crippen LogP) is 4.51. The smallest absolute Gasteiger partial charge is 0.233 e. The number of nitrogens with one attached hydrogen (secondary N) is 3. The van der Waals surface area contributed by atoms with E-state index in [9.17, 15) is 0 Å². The minimum absolute atomic E-state index is 0.0277. The van der Waals surface area contributed by atoms with E-state index in [0.717, 1.165) is 55.5 Å². The van der Waals surface area contributed by atoms with E-state index < -0.39 is 0 Å². The molecule has 14 nitrogen and oxygen atoms in total. The van der Waals surface area contributed by atoms with E-state index in [1.165, 1.54) is 25.7 Å². The van der Waals surface area contributed by atoms with Crippen molar-refractivity contribution in [2.45, 2.75) is 63.5 Å². The molecule has 1 aromatic carbocycles. The second-order valence-corrected chi connectivity index (χ2v) is 13.5. The number of piperidine rings is 1. The minimum Gasteiger partial charge on any atom is -0.495 e. The number of aliphatic hydroxyl groups is 1. The van der Waals surface area contributed by atoms with Crippen LogP contribution in [0.15, 0.2) is 18.2 Å². The maximum atomic E-state index is 8.65. The molecule has 1 aliphatic heterocycles. The molecular formula is C35H59ClN7O7+. The lowest BCUT2D eigenvalue weighted by molar-refractivity contribution is -0.914. The second kappa shape index (κ2) is 23.1. The molecule has 282 valence electrons. The summed E-state index contributed by atoms with van der Waals surface area (Å²) >= 11 is 6.38. The van der Waals surface area contributed by atoms with Gasteiger partial charge in [-0.2, -0.15) is 15.0 Å². The SMILES string of the molecule is COc1ccc(Nc2nc(NC3CCCCCC3)nc(NC3CC[N+](C)(CCOCCOCCOCCOCCOCCO)CC3)n2)cc1Cl. The van der Waals surface area contributed by atoms with Crippen LogP contribution in [0.4, 0.5) is 23.5 Å². The average Bonchev–Trinajstić information content (AvgIpc) is 3.38. The number of hydrogen-bond acceptors (Lipinski definition) is 13. The summed E-state index contributed by atoms with van der Waals surface area (Å²) < 4.78 is 33.8. The summed E-state index contributed by atoms with van der Waals surface area (Å²) in [5.41, 5.74) is 0.776. The topological polar surface area (TPSA) is 150 Å². The normalized spacial score (nSPS) is 20.0. The monoisotopic (exact) mass is 724 g/mol. The average molecular weight is 725 g/mol. The van der Waals surface area contributed by atoms with Crippen molar-refractivity contribution in [1.82, 2.24) is 15.0 Å². The van der Waals surface area contributed by atoms with Crippen molar-refractivity contribution in [2.24, 2.45) is 0 Å². The van der Waals surface area contributed by atoms with Crippen molar-refractivity contribution in [1.29, 1.82) is 0 Å². The number of aliphatic hydroxyl groups excluding tert-OH is 1. The van der Waals surface area contributed by atoms with Crippen LogP contribution < -0.4 is 20.7 Å². The quantitative estimate of drug-likeness (QED) is 0.0684. The molecule has 1 aromatic heterocycles. The van der Waals surface area contributed by atoms with Gasteiger partial charge >= 0.3 is 0 Å². The number of benzene rings is 1. The Labute approximate surface area is 302 Å². The van der Waals surface area contributed by atoms with Gasteiger partial charge in [0.2, 0.25) is 17.8 Å². The zero-order chi connectivity index (χ0) is 35.3. The van der Waals surface area contributed by atoms with Gasteiger partial charge < -0.3 is 54.0 Å². The van der Waals surface area contributed by atoms with E-state index in [1.807, 2.05) is 18.2 Å². The van der Waals surface area contributed by atoms with Crippen molar-refractivity contribution in [3.63, 3.8) is 0 Å². The van der Waals surface area contributed by atoms with Crippen molar-refractivity contribution in [3.8, 4) is 5.75 Å². The standard InChI is InChI=1S/C35H59ClN7O7/c1-43(15-17-46-19-21-48-23-25-50-26-24-49-22-20-47-18-16-44)13-11-29(12-14-43)38-34-40-33(37-28-7-5-3-4-6-8-28)41-35(42-34)39-30-9-10-32(45-2)31(36)27-30/h9-10,27-29,44H,3-8,11-26H2,1-2H3,(H3,37,38,39,40,41,42)/q+1. The third kappa shape index (κ3) is 15.4. The van der Waals surface area contributed by atoms with Crippen molar-refractivity contribution < 1.29 is 38.0 Å². The Morgan fingerprint density at radius 2 is 1.20 bits per heavy atom. The molecule has 0 bridgehead atoms. The number of quaternary nitrogens is 1. The number of likely N-dealkylation sites (N-methyl/N-ethyl adjacent to an activating group) is 1. The van der Waals surface area contributed by atoms with Crippen LogP contribution in [0.5, 0.6) is 5.75 Å². The number of aromatic nitrogens is 3. The molecule has 2 heterocycles. The Morgan fingerprint density at radius 1 is 0.700 bits per heavy atom. The lowest BCUT2D eigenvalue weighted by atomic mass is 10.0. The number of rotatable bonds is 24. The maximum absolute atomic E-state index is 8.65. The molecule has 0 spiro atoms. The highest BCUT2D eigenvalue weighted by Crippen LogP contribution is 2.29. The fraction of sp³-hybridized carbons (Fsp3) is 0.743. The van der Waals surface area contributed by atoms with Gasteiger partial charge in [0.15, 0.2) is 0 Å². The molecule has 0 unspecified atom stereocenters. The Bertz CT molecular complexity index is 1220. The molecule has 0 atom stereocenters. The van der Waals surface area contributed by atoms with Crippen LogP contribution in [0, 0.1) is 0 Å². The summed E-state index contributed by atoms with van der Waals surface area (Å²) in [5, 5.41) is 19.7. The number of anilines is 4. The molecule has 4 rings (SSSR count). The van der Waals surface area contributed by atoms with Gasteiger partial charge in [0.1, 0.15) is 12.3 Å². The van der Waals surface area contributed by atoms with Gasteiger partial charge in [-0.1, -0.05) is 37.3 Å². The van der Waals surface area contributed by atoms with E-state index in [4.69, 9.17) is 60.1 Å². The highest BCUT2D eigenvalue weighted by Gasteiger charge is 2.30. The third-order valence-electron chi connectivity index (χ3n) is 9.10. The van der Waals surface area contributed by atoms with Crippen LogP contribution in [0.3, 0.4) is 0 Å². The van der Waals surface area contributed by atoms with E-state index in [2.05, 4.69) is 23.0 Å². The second-order valence-electron chi connectivity index (χ2n) is 13.1. The zero-order valence-electron chi connectivity index (χ0n) is 30.0. The number of likely N-dealkylation sites (tertiary alicyclic amines) is 1. The van der Waals surface area contributed by atoms with E-state index in [-0.39, 0.29) is 12.6 Å². The Morgan fingerprint density at radius 3 is 1.72 bits per heavy atom. The largest absolute Gasteiger partial charge is 0.495 e. The van der Waals surface area contributed by atoms with Gasteiger partial charge in [-0.3, -0.25) is 0 Å². The molecule has 15 heteroatoms. The van der Waals surface area contributed by atoms with E-state index in [1.54, 1.807) is 7.11 Å². The van der Waals surface area contributed by atoms with Gasteiger partial charge in [-0.15, -0.1) is 0 Å². The molecule has 1 saturated heterocycles. The van der Waals surface area contributed by atoms with Crippen LogP contribution >= 0.6 is 11.6 Å². The molecular weight excluding hydrogens is 666 g/mol. The number of methoxy groups -OCH3 is 1. The van der Waals surface area contributed by atoms with Crippen LogP contribution in [0.25, 0.3) is 0 Å². The summed E-state index contributed by atoms with van der Waals surface area (Å²) in [6, 6.07) is 6.16. The summed E-state index contributed by atoms with van der Waals surface area (Å²) in [5.74, 6) is 2.24. The summed E-state index contributed by atoms with van der Waals surface area (Å²) in [7, 11) is 3.90. The lowest BCUT2D eigenvalue weighted by Crippen LogP contribution is -2.53. The Hall–Kier alpha value is -2.56. The molecule has 2 fully saturated rings. The molecule has 1 aliphatic carbocycles. The van der Waals surface area contributed by atoms with Crippen LogP contribution in [0.1, 0.15) is 51.4 Å². The summed E-state index contributed by atoms with van der Waals surface area (Å²) in [6.45, 7) is 8.26. The van der Waals surface area contributed by atoms with Crippen LogP contribution in [-0.2, 0) is 23.7 Å². The Kier molecular flexibility index (Phi) is 18.6. The van der Waals surface area contributed by atoms with Gasteiger partial charge in [-0.25, -0.2) is 0 Å². The fourth-order valence-electron chi connectivity index (χ4n) is 6.11. The van der Waals surface area contributed by atoms with E-state index >= 15 is 0 Å². The predicted molar refractivity (Wildman–Crippen MR) is 195 cm³/mol. The first-order valence-electron chi connectivity index (χ1n) is 18.2. The maximum Gasteiger partial charge on any atom is 0.233 e. The molecule has 2 aromatic rings. The van der Waals surface area contributed by atoms with Gasteiger partial charge in [0, 0.05) is 30.6 Å². The zero-order valence-corrected chi connectivity index (χ0v) is 30.8. The molecule has 50 heavy (non-hydrogen) atoms. The van der Waals surface area contributed by atoms with Crippen molar-refractivity contribution in [2.75, 3.05) is 122 Å². The first-order chi connectivity index (χ1) is 24.5. The third-order valence-corrected chi connectivity index (χ3v) is 9.39. The highest BCUT2D eigenvalue weighted by atomic mass is 35.5. The Balaban J connectivity index is 1.15. The van der Waals surface area contributed by atoms with Crippen LogP contribution in [-0.4, -0.2) is 143 Å². The van der Waals surface area contributed by atoms with Crippen LogP contribution in [0.2, 0.25) is 5.02 Å². The highest BCUT2D eigenvalue weighted by molar-refractivity contribution is 6.32. The number of ether oxygens (including phenoxy) is 6. The first kappa shape index (κ1) is 40.2. The van der Waals surface area contributed by atoms with Gasteiger partial charge in [0.25, 0.3) is 0 Å². The number of hydrogen-bond donors (Lipinski definition) is 4. The summed E-state index contributed by atoms with van der Waals surface area (Å²) in [6.07, 6.45) is 9.28. The first-order valence-corrected chi connectivity index (χ1v) is 18.6. The lowest BCUT2D eigenvalue weighted by Gasteiger charge is -2.40. The molecule has 2 aliphatic rings. The summed E-state index contributed by atoms with van der Waals surface area (Å²) in [4.78, 5) is 14.3. The molecule has 0 amide bonds. The van der Waals surface area contributed by atoms with Crippen molar-refractivity contribution in [3.05, 3.63) is 23.2 Å².